The maximum Gasteiger partial charge on any atom is 0.310 e. The minimum Gasteiger partial charge on any atom is -0.469 e. The van der Waals surface area contributed by atoms with Gasteiger partial charge in [-0.3, -0.25) is 9.78 Å². The molecule has 0 unspecified atom stereocenters. The molecule has 0 N–H and O–H groups in total. The topological polar surface area (TPSA) is 68.2 Å². The first-order valence-electron chi connectivity index (χ1n) is 8.76. The Hall–Kier alpha value is -3.02. The molecule has 2 aromatic heterocycles. The molecule has 1 aliphatic rings. The van der Waals surface area contributed by atoms with Gasteiger partial charge in [-0.25, -0.2) is 9.97 Å². The average Bonchev–Trinajstić information content (AvgIpc) is 2.73. The molecule has 3 aromatic rings. The summed E-state index contributed by atoms with van der Waals surface area (Å²) < 4.78 is 4.95. The van der Waals surface area contributed by atoms with Gasteiger partial charge in [-0.2, -0.15) is 0 Å². The van der Waals surface area contributed by atoms with Crippen molar-refractivity contribution in [3.63, 3.8) is 0 Å². The second kappa shape index (κ2) is 7.07. The Balaban J connectivity index is 1.79. The van der Waals surface area contributed by atoms with Crippen LogP contribution in [0.25, 0.3) is 22.3 Å². The number of fused-ring (bicyclic) bond motifs is 1. The largest absolute Gasteiger partial charge is 0.469 e. The molecular weight excluding hydrogens is 328 g/mol. The molecule has 6 nitrogen and oxygen atoms in total. The highest BCUT2D eigenvalue weighted by Crippen LogP contribution is 2.30. The number of hydrogen-bond donors (Lipinski definition) is 0. The van der Waals surface area contributed by atoms with Crippen LogP contribution in [0.2, 0.25) is 0 Å². The zero-order chi connectivity index (χ0) is 17.9. The van der Waals surface area contributed by atoms with Crippen molar-refractivity contribution in [1.29, 1.82) is 0 Å². The molecule has 1 aliphatic heterocycles. The maximum absolute atomic E-state index is 12.0. The molecule has 0 radical (unpaired) electrons. The number of methoxy groups -OCH3 is 1. The molecule has 1 atom stereocenters. The van der Waals surface area contributed by atoms with Crippen LogP contribution in [0, 0.1) is 5.92 Å². The van der Waals surface area contributed by atoms with Gasteiger partial charge in [0.2, 0.25) is 0 Å². The summed E-state index contributed by atoms with van der Waals surface area (Å²) in [6.07, 6.45) is 5.26. The number of aromatic nitrogens is 3. The van der Waals surface area contributed by atoms with Gasteiger partial charge in [-0.15, -0.1) is 0 Å². The highest BCUT2D eigenvalue weighted by Gasteiger charge is 2.28. The first-order chi connectivity index (χ1) is 12.8. The summed E-state index contributed by atoms with van der Waals surface area (Å²) in [5.41, 5.74) is 1.82. The molecule has 0 aliphatic carbocycles. The van der Waals surface area contributed by atoms with Gasteiger partial charge >= 0.3 is 5.97 Å². The lowest BCUT2D eigenvalue weighted by Crippen LogP contribution is -2.39. The molecule has 1 fully saturated rings. The quantitative estimate of drug-likeness (QED) is 0.678. The van der Waals surface area contributed by atoms with Crippen molar-refractivity contribution in [2.75, 3.05) is 25.1 Å². The number of para-hydroxylation sites is 1. The van der Waals surface area contributed by atoms with Crippen LogP contribution in [-0.4, -0.2) is 41.1 Å². The van der Waals surface area contributed by atoms with Gasteiger partial charge in [0.15, 0.2) is 5.82 Å². The number of ether oxygens (including phenoxy) is 1. The average molecular weight is 348 g/mol. The first kappa shape index (κ1) is 16.4. The van der Waals surface area contributed by atoms with E-state index in [1.807, 2.05) is 36.4 Å². The molecule has 0 amide bonds. The molecule has 132 valence electrons. The van der Waals surface area contributed by atoms with E-state index in [1.54, 1.807) is 12.4 Å². The van der Waals surface area contributed by atoms with E-state index in [4.69, 9.17) is 14.7 Å². The Kier molecular flexibility index (Phi) is 4.48. The van der Waals surface area contributed by atoms with Gasteiger partial charge in [0.25, 0.3) is 0 Å². The number of esters is 1. The number of hydrogen-bond acceptors (Lipinski definition) is 6. The smallest absolute Gasteiger partial charge is 0.310 e. The van der Waals surface area contributed by atoms with Gasteiger partial charge in [-0.05, 0) is 37.1 Å². The second-order valence-corrected chi connectivity index (χ2v) is 6.43. The number of carbonyl (C=O) groups is 1. The summed E-state index contributed by atoms with van der Waals surface area (Å²) in [5, 5.41) is 0.996. The van der Waals surface area contributed by atoms with Crippen molar-refractivity contribution >= 4 is 22.7 Å². The molecule has 3 heterocycles. The Morgan fingerprint density at radius 2 is 1.96 bits per heavy atom. The number of nitrogens with zero attached hydrogens (tertiary/aromatic N) is 4. The van der Waals surface area contributed by atoms with E-state index in [0.29, 0.717) is 12.4 Å². The summed E-state index contributed by atoms with van der Waals surface area (Å²) in [5.74, 6) is 1.27. The normalized spacial score (nSPS) is 17.3. The van der Waals surface area contributed by atoms with Crippen LogP contribution in [0.3, 0.4) is 0 Å². The van der Waals surface area contributed by atoms with Gasteiger partial charge in [0.1, 0.15) is 5.82 Å². The summed E-state index contributed by atoms with van der Waals surface area (Å²) in [7, 11) is 1.45. The van der Waals surface area contributed by atoms with E-state index in [2.05, 4.69) is 9.88 Å². The maximum atomic E-state index is 12.0. The minimum absolute atomic E-state index is 0.119. The summed E-state index contributed by atoms with van der Waals surface area (Å²) in [4.78, 5) is 27.8. The third-order valence-corrected chi connectivity index (χ3v) is 4.78. The van der Waals surface area contributed by atoms with Crippen LogP contribution in [0.4, 0.5) is 5.82 Å². The van der Waals surface area contributed by atoms with Crippen molar-refractivity contribution in [3.8, 4) is 11.4 Å². The molecule has 4 rings (SSSR count). The molecule has 1 saturated heterocycles. The van der Waals surface area contributed by atoms with Crippen molar-refractivity contribution in [3.05, 3.63) is 48.8 Å². The number of piperidine rings is 1. The fourth-order valence-corrected chi connectivity index (χ4v) is 3.46. The van der Waals surface area contributed by atoms with Crippen LogP contribution < -0.4 is 4.90 Å². The summed E-state index contributed by atoms with van der Waals surface area (Å²) in [6, 6.07) is 11.8. The molecule has 0 bridgehead atoms. The van der Waals surface area contributed by atoms with E-state index < -0.39 is 0 Å². The predicted octanol–water partition coefficient (Wildman–Crippen LogP) is 3.08. The lowest BCUT2D eigenvalue weighted by Gasteiger charge is -2.33. The number of benzene rings is 1. The standard InChI is InChI=1S/C20H20N4O2/c1-26-20(25)15-5-4-12-24(13-15)19-16-6-2-3-7-17(16)22-18(23-19)14-8-10-21-11-9-14/h2-3,6-11,15H,4-5,12-13H2,1H3/t15-/m0/s1. The Morgan fingerprint density at radius 3 is 2.77 bits per heavy atom. The van der Waals surface area contributed by atoms with E-state index in [0.717, 1.165) is 41.7 Å². The molecule has 26 heavy (non-hydrogen) atoms. The number of anilines is 1. The first-order valence-corrected chi connectivity index (χ1v) is 8.76. The zero-order valence-electron chi connectivity index (χ0n) is 14.6. The van der Waals surface area contributed by atoms with Crippen molar-refractivity contribution in [2.45, 2.75) is 12.8 Å². The van der Waals surface area contributed by atoms with Crippen molar-refractivity contribution in [2.24, 2.45) is 5.92 Å². The van der Waals surface area contributed by atoms with E-state index in [9.17, 15) is 4.79 Å². The van der Waals surface area contributed by atoms with Gasteiger partial charge < -0.3 is 9.64 Å². The molecular formula is C20H20N4O2. The van der Waals surface area contributed by atoms with Crippen LogP contribution in [0.5, 0.6) is 0 Å². The SMILES string of the molecule is COC(=O)[C@H]1CCCN(c2nc(-c3ccncc3)nc3ccccc23)C1. The van der Waals surface area contributed by atoms with Gasteiger partial charge in [0, 0.05) is 36.4 Å². The van der Waals surface area contributed by atoms with Gasteiger partial charge in [-0.1, -0.05) is 12.1 Å². The highest BCUT2D eigenvalue weighted by molar-refractivity contribution is 5.91. The van der Waals surface area contributed by atoms with Gasteiger partial charge in [0.05, 0.1) is 18.5 Å². The number of carbonyl (C=O) groups excluding carboxylic acids is 1. The summed E-state index contributed by atoms with van der Waals surface area (Å²) in [6.45, 7) is 1.48. The van der Waals surface area contributed by atoms with Crippen LogP contribution >= 0.6 is 0 Å². The van der Waals surface area contributed by atoms with Crippen LogP contribution in [0.1, 0.15) is 12.8 Å². The van der Waals surface area contributed by atoms with E-state index >= 15 is 0 Å². The Labute approximate surface area is 151 Å². The molecule has 0 saturated carbocycles. The monoisotopic (exact) mass is 348 g/mol. The third kappa shape index (κ3) is 3.10. The Bertz CT molecular complexity index is 930. The predicted molar refractivity (Wildman–Crippen MR) is 99.7 cm³/mol. The fourth-order valence-electron chi connectivity index (χ4n) is 3.46. The molecule has 6 heteroatoms. The van der Waals surface area contributed by atoms with E-state index in [1.165, 1.54) is 7.11 Å². The van der Waals surface area contributed by atoms with Crippen LogP contribution in [-0.2, 0) is 9.53 Å². The lowest BCUT2D eigenvalue weighted by atomic mass is 9.98. The van der Waals surface area contributed by atoms with Crippen LogP contribution in [0.15, 0.2) is 48.8 Å². The molecule has 0 spiro atoms. The fraction of sp³-hybridized carbons (Fsp3) is 0.300. The minimum atomic E-state index is -0.151. The highest BCUT2D eigenvalue weighted by atomic mass is 16.5. The van der Waals surface area contributed by atoms with E-state index in [-0.39, 0.29) is 11.9 Å². The molecule has 1 aromatic carbocycles. The van der Waals surface area contributed by atoms with Crippen molar-refractivity contribution < 1.29 is 9.53 Å². The number of pyridine rings is 1. The third-order valence-electron chi connectivity index (χ3n) is 4.78. The second-order valence-electron chi connectivity index (χ2n) is 6.43. The summed E-state index contributed by atoms with van der Waals surface area (Å²) >= 11 is 0. The number of rotatable bonds is 3. The lowest BCUT2D eigenvalue weighted by molar-refractivity contribution is -0.145. The zero-order valence-corrected chi connectivity index (χ0v) is 14.6. The van der Waals surface area contributed by atoms with Crippen molar-refractivity contribution in [1.82, 2.24) is 15.0 Å². The Morgan fingerprint density at radius 1 is 1.15 bits per heavy atom.